The van der Waals surface area contributed by atoms with E-state index in [-0.39, 0.29) is 17.2 Å². The lowest BCUT2D eigenvalue weighted by Crippen LogP contribution is -2.37. The number of carboxylic acid groups (broad SMARTS) is 1. The van der Waals surface area contributed by atoms with E-state index in [2.05, 4.69) is 13.8 Å². The van der Waals surface area contributed by atoms with Crippen LogP contribution < -0.4 is 0 Å². The molecule has 2 rings (SSSR count). The summed E-state index contributed by atoms with van der Waals surface area (Å²) in [5.74, 6) is -0.461. The Labute approximate surface area is 108 Å². The van der Waals surface area contributed by atoms with Gasteiger partial charge < -0.3 is 10.0 Å². The normalized spacial score (nSPS) is 33.5. The van der Waals surface area contributed by atoms with Crippen molar-refractivity contribution >= 4 is 11.9 Å². The van der Waals surface area contributed by atoms with Crippen molar-refractivity contribution in [2.75, 3.05) is 13.1 Å². The predicted molar refractivity (Wildman–Crippen MR) is 68.1 cm³/mol. The lowest BCUT2D eigenvalue weighted by atomic mass is 9.83. The minimum absolute atomic E-state index is 0.115. The number of aliphatic carboxylic acids is 1. The summed E-state index contributed by atoms with van der Waals surface area (Å²) in [5.41, 5.74) is -0.570. The van der Waals surface area contributed by atoms with Crippen LogP contribution in [0.25, 0.3) is 0 Å². The van der Waals surface area contributed by atoms with Crippen molar-refractivity contribution in [1.29, 1.82) is 0 Å². The Morgan fingerprint density at radius 3 is 2.44 bits per heavy atom. The van der Waals surface area contributed by atoms with Crippen molar-refractivity contribution in [2.24, 2.45) is 16.7 Å². The van der Waals surface area contributed by atoms with Gasteiger partial charge in [-0.15, -0.1) is 0 Å². The van der Waals surface area contributed by atoms with E-state index in [0.717, 1.165) is 12.8 Å². The molecule has 4 heteroatoms. The van der Waals surface area contributed by atoms with Gasteiger partial charge in [0.25, 0.3) is 0 Å². The van der Waals surface area contributed by atoms with Crippen LogP contribution in [0.3, 0.4) is 0 Å². The number of hydrogen-bond acceptors (Lipinski definition) is 2. The Bertz CT molecular complexity index is 377. The highest BCUT2D eigenvalue weighted by molar-refractivity contribution is 5.84. The van der Waals surface area contributed by atoms with E-state index in [1.807, 2.05) is 6.92 Å². The highest BCUT2D eigenvalue weighted by atomic mass is 16.4. The van der Waals surface area contributed by atoms with E-state index in [0.29, 0.717) is 25.9 Å². The minimum Gasteiger partial charge on any atom is -0.481 e. The van der Waals surface area contributed by atoms with Crippen LogP contribution in [0.1, 0.15) is 46.5 Å². The second-order valence-electron chi connectivity index (χ2n) is 6.59. The SMILES string of the molecule is CCCC1(C(=O)O)CCN(C(=O)C2CC2(C)C)C1. The zero-order valence-corrected chi connectivity index (χ0v) is 11.5. The van der Waals surface area contributed by atoms with Gasteiger partial charge in [-0.25, -0.2) is 0 Å². The van der Waals surface area contributed by atoms with Crippen LogP contribution in [-0.2, 0) is 9.59 Å². The van der Waals surface area contributed by atoms with Gasteiger partial charge in [0.05, 0.1) is 5.41 Å². The van der Waals surface area contributed by atoms with Crippen LogP contribution in [0.4, 0.5) is 0 Å². The standard InChI is InChI=1S/C14H23NO3/c1-4-5-14(12(17)18)6-7-15(9-14)11(16)10-8-13(10,2)3/h10H,4-9H2,1-3H3,(H,17,18). The number of carboxylic acids is 1. The highest BCUT2D eigenvalue weighted by Crippen LogP contribution is 2.53. The number of carbonyl (C=O) groups is 2. The van der Waals surface area contributed by atoms with Crippen molar-refractivity contribution in [3.8, 4) is 0 Å². The first-order chi connectivity index (χ1) is 8.32. The predicted octanol–water partition coefficient (Wildman–Crippen LogP) is 2.14. The molecule has 1 N–H and O–H groups in total. The average molecular weight is 253 g/mol. The maximum absolute atomic E-state index is 12.3. The third-order valence-electron chi connectivity index (χ3n) is 4.66. The van der Waals surface area contributed by atoms with Crippen molar-refractivity contribution in [2.45, 2.75) is 46.5 Å². The average Bonchev–Trinajstić information content (AvgIpc) is 2.75. The number of rotatable bonds is 4. The second kappa shape index (κ2) is 4.25. The largest absolute Gasteiger partial charge is 0.481 e. The second-order valence-corrected chi connectivity index (χ2v) is 6.59. The fourth-order valence-electron chi connectivity index (χ4n) is 3.13. The third-order valence-corrected chi connectivity index (χ3v) is 4.66. The summed E-state index contributed by atoms with van der Waals surface area (Å²) in [4.78, 5) is 25.5. The molecule has 1 aliphatic carbocycles. The summed E-state index contributed by atoms with van der Waals surface area (Å²) in [7, 11) is 0. The molecule has 0 aromatic carbocycles. The first-order valence-corrected chi connectivity index (χ1v) is 6.84. The first-order valence-electron chi connectivity index (χ1n) is 6.84. The number of hydrogen-bond donors (Lipinski definition) is 1. The molecule has 0 radical (unpaired) electrons. The van der Waals surface area contributed by atoms with Gasteiger partial charge in [-0.1, -0.05) is 27.2 Å². The molecule has 0 spiro atoms. The zero-order valence-electron chi connectivity index (χ0n) is 11.5. The van der Waals surface area contributed by atoms with Gasteiger partial charge in [0.15, 0.2) is 0 Å². The molecule has 18 heavy (non-hydrogen) atoms. The number of amides is 1. The molecule has 1 amide bonds. The molecule has 2 fully saturated rings. The van der Waals surface area contributed by atoms with E-state index in [1.165, 1.54) is 0 Å². The van der Waals surface area contributed by atoms with Crippen molar-refractivity contribution in [3.05, 3.63) is 0 Å². The van der Waals surface area contributed by atoms with Crippen LogP contribution in [-0.4, -0.2) is 35.0 Å². The van der Waals surface area contributed by atoms with Gasteiger partial charge in [0, 0.05) is 19.0 Å². The van der Waals surface area contributed by atoms with Crippen LogP contribution in [0.15, 0.2) is 0 Å². The smallest absolute Gasteiger partial charge is 0.311 e. The number of likely N-dealkylation sites (tertiary alicyclic amines) is 1. The monoisotopic (exact) mass is 253 g/mol. The zero-order chi connectivity index (χ0) is 13.6. The first kappa shape index (κ1) is 13.4. The molecule has 102 valence electrons. The van der Waals surface area contributed by atoms with E-state index in [1.54, 1.807) is 4.90 Å². The molecular formula is C14H23NO3. The van der Waals surface area contributed by atoms with Gasteiger partial charge in [0.2, 0.25) is 5.91 Å². The molecular weight excluding hydrogens is 230 g/mol. The van der Waals surface area contributed by atoms with Gasteiger partial charge in [0.1, 0.15) is 0 Å². The molecule has 1 aliphatic heterocycles. The van der Waals surface area contributed by atoms with Gasteiger partial charge >= 0.3 is 5.97 Å². The van der Waals surface area contributed by atoms with E-state index >= 15 is 0 Å². The number of carbonyl (C=O) groups excluding carboxylic acids is 1. The Kier molecular flexibility index (Phi) is 3.16. The lowest BCUT2D eigenvalue weighted by Gasteiger charge is -2.24. The molecule has 2 unspecified atom stereocenters. The molecule has 1 heterocycles. The Balaban J connectivity index is 2.03. The van der Waals surface area contributed by atoms with Crippen LogP contribution in [0, 0.1) is 16.7 Å². The Morgan fingerprint density at radius 1 is 1.39 bits per heavy atom. The van der Waals surface area contributed by atoms with Gasteiger partial charge in [-0.2, -0.15) is 0 Å². The minimum atomic E-state index is -0.741. The summed E-state index contributed by atoms with van der Waals surface area (Å²) in [6.07, 6.45) is 3.06. The summed E-state index contributed by atoms with van der Waals surface area (Å²) in [6, 6.07) is 0. The lowest BCUT2D eigenvalue weighted by molar-refractivity contribution is -0.149. The summed E-state index contributed by atoms with van der Waals surface area (Å²) in [6.45, 7) is 7.21. The van der Waals surface area contributed by atoms with E-state index < -0.39 is 11.4 Å². The fourth-order valence-corrected chi connectivity index (χ4v) is 3.13. The van der Waals surface area contributed by atoms with Crippen molar-refractivity contribution < 1.29 is 14.7 Å². The number of nitrogens with zero attached hydrogens (tertiary/aromatic N) is 1. The maximum atomic E-state index is 12.3. The molecule has 0 aromatic rings. The summed E-state index contributed by atoms with van der Waals surface area (Å²) in [5, 5.41) is 9.41. The van der Waals surface area contributed by atoms with Crippen LogP contribution in [0.2, 0.25) is 0 Å². The van der Waals surface area contributed by atoms with E-state index in [9.17, 15) is 14.7 Å². The van der Waals surface area contributed by atoms with Crippen LogP contribution in [0.5, 0.6) is 0 Å². The van der Waals surface area contributed by atoms with Crippen molar-refractivity contribution in [3.63, 3.8) is 0 Å². The molecule has 2 atom stereocenters. The molecule has 4 nitrogen and oxygen atoms in total. The maximum Gasteiger partial charge on any atom is 0.311 e. The molecule has 0 aromatic heterocycles. The van der Waals surface area contributed by atoms with Crippen molar-refractivity contribution in [1.82, 2.24) is 4.90 Å². The summed E-state index contributed by atoms with van der Waals surface area (Å²) < 4.78 is 0. The third kappa shape index (κ3) is 2.13. The fraction of sp³-hybridized carbons (Fsp3) is 0.857. The van der Waals surface area contributed by atoms with Gasteiger partial charge in [-0.05, 0) is 24.7 Å². The Hall–Kier alpha value is -1.06. The van der Waals surface area contributed by atoms with Crippen LogP contribution >= 0.6 is 0 Å². The molecule has 1 saturated carbocycles. The molecule has 1 saturated heterocycles. The quantitative estimate of drug-likeness (QED) is 0.835. The Morgan fingerprint density at radius 2 is 2.00 bits per heavy atom. The topological polar surface area (TPSA) is 57.6 Å². The van der Waals surface area contributed by atoms with E-state index in [4.69, 9.17) is 0 Å². The molecule has 2 aliphatic rings. The molecule has 0 bridgehead atoms. The summed E-state index contributed by atoms with van der Waals surface area (Å²) >= 11 is 0. The highest BCUT2D eigenvalue weighted by Gasteiger charge is 2.54. The van der Waals surface area contributed by atoms with Gasteiger partial charge in [-0.3, -0.25) is 9.59 Å².